The molecule has 26 heavy (non-hydrogen) atoms. The van der Waals surface area contributed by atoms with Crippen molar-refractivity contribution in [1.82, 2.24) is 4.98 Å². The Hall–Kier alpha value is -2.94. The van der Waals surface area contributed by atoms with Crippen LogP contribution in [0, 0.1) is 11.8 Å². The van der Waals surface area contributed by atoms with Crippen LogP contribution in [0.3, 0.4) is 0 Å². The maximum absolute atomic E-state index is 11.9. The van der Waals surface area contributed by atoms with Crippen molar-refractivity contribution in [3.63, 3.8) is 0 Å². The normalized spacial score (nSPS) is 12.9. The third-order valence-electron chi connectivity index (χ3n) is 3.98. The van der Waals surface area contributed by atoms with Gasteiger partial charge in [0.25, 0.3) is 0 Å². The zero-order valence-electron chi connectivity index (χ0n) is 13.9. The van der Waals surface area contributed by atoms with E-state index in [1.807, 2.05) is 0 Å². The summed E-state index contributed by atoms with van der Waals surface area (Å²) >= 11 is 1.19. The second-order valence-corrected chi connectivity index (χ2v) is 6.85. The van der Waals surface area contributed by atoms with Gasteiger partial charge in [-0.05, 0) is 30.5 Å². The monoisotopic (exact) mass is 376 g/mol. The van der Waals surface area contributed by atoms with E-state index in [4.69, 9.17) is 11.5 Å². The van der Waals surface area contributed by atoms with E-state index in [1.54, 1.807) is 12.1 Å². The van der Waals surface area contributed by atoms with Crippen LogP contribution < -0.4 is 16.8 Å². The van der Waals surface area contributed by atoms with Gasteiger partial charge in [-0.25, -0.2) is 4.98 Å². The number of hydrogen-bond acceptors (Lipinski definition) is 7. The van der Waals surface area contributed by atoms with Gasteiger partial charge in [-0.15, -0.1) is 0 Å². The highest BCUT2D eigenvalue weighted by Crippen LogP contribution is 2.23. The number of thiazole rings is 1. The number of phenolic OH excluding ortho intramolecular Hbond substituents is 1. The summed E-state index contributed by atoms with van der Waals surface area (Å²) in [5, 5.41) is 12.9. The van der Waals surface area contributed by atoms with Gasteiger partial charge < -0.3 is 21.9 Å². The zero-order valence-corrected chi connectivity index (χ0v) is 14.7. The van der Waals surface area contributed by atoms with Crippen LogP contribution in [0.25, 0.3) is 0 Å². The van der Waals surface area contributed by atoms with Gasteiger partial charge in [0.2, 0.25) is 11.8 Å². The van der Waals surface area contributed by atoms with Crippen LogP contribution >= 0.6 is 11.3 Å². The van der Waals surface area contributed by atoms with Gasteiger partial charge in [-0.3, -0.25) is 14.4 Å². The minimum Gasteiger partial charge on any atom is -0.508 e. The van der Waals surface area contributed by atoms with E-state index >= 15 is 0 Å². The predicted molar refractivity (Wildman–Crippen MR) is 97.8 cm³/mol. The van der Waals surface area contributed by atoms with Crippen molar-refractivity contribution in [2.75, 3.05) is 11.9 Å². The molecule has 0 fully saturated rings. The minimum atomic E-state index is -0.763. The smallest absolute Gasteiger partial charge is 0.221 e. The predicted octanol–water partition coefficient (Wildman–Crippen LogP) is 0.909. The van der Waals surface area contributed by atoms with Crippen LogP contribution in [-0.4, -0.2) is 34.7 Å². The molecule has 2 atom stereocenters. The van der Waals surface area contributed by atoms with Gasteiger partial charge in [-0.2, -0.15) is 0 Å². The lowest BCUT2D eigenvalue weighted by Gasteiger charge is -2.22. The van der Waals surface area contributed by atoms with Crippen LogP contribution in [0.2, 0.25) is 0 Å². The molecule has 1 heterocycles. The third kappa shape index (κ3) is 5.28. The molecule has 0 bridgehead atoms. The summed E-state index contributed by atoms with van der Waals surface area (Å²) < 4.78 is 0. The number of nitrogens with one attached hydrogen (secondary N) is 1. The molecule has 0 spiro atoms. The fourth-order valence-corrected chi connectivity index (χ4v) is 3.28. The maximum Gasteiger partial charge on any atom is 0.221 e. The molecule has 9 heteroatoms. The standard InChI is InChI=1S/C17H20N4O4S/c18-15(24)13(5-6-20-17-21-8-12(9-22)26-17)14(16(19)25)7-10-1-3-11(23)4-2-10/h1-4,8-9,13-14,23H,5-7H2,(H2,18,24)(H2,19,25)(H,20,21)/t13?,14-/m0/s1. The lowest BCUT2D eigenvalue weighted by atomic mass is 9.83. The molecule has 2 amide bonds. The van der Waals surface area contributed by atoms with Crippen LogP contribution in [0.1, 0.15) is 21.7 Å². The third-order valence-corrected chi connectivity index (χ3v) is 4.86. The summed E-state index contributed by atoms with van der Waals surface area (Å²) in [4.78, 5) is 38.9. The summed E-state index contributed by atoms with van der Waals surface area (Å²) in [5.74, 6) is -2.63. The number of rotatable bonds is 10. The Morgan fingerprint density at radius 3 is 2.38 bits per heavy atom. The van der Waals surface area contributed by atoms with Crippen LogP contribution in [0.4, 0.5) is 5.13 Å². The van der Waals surface area contributed by atoms with E-state index in [0.717, 1.165) is 5.56 Å². The lowest BCUT2D eigenvalue weighted by molar-refractivity contribution is -0.131. The van der Waals surface area contributed by atoms with Crippen LogP contribution in [0.5, 0.6) is 5.75 Å². The average Bonchev–Trinajstić information content (AvgIpc) is 3.06. The Morgan fingerprint density at radius 2 is 1.85 bits per heavy atom. The molecule has 1 aromatic heterocycles. The van der Waals surface area contributed by atoms with Crippen molar-refractivity contribution in [1.29, 1.82) is 0 Å². The maximum atomic E-state index is 11.9. The Labute approximate surface area is 154 Å². The Bertz CT molecular complexity index is 775. The molecule has 138 valence electrons. The minimum absolute atomic E-state index is 0.109. The van der Waals surface area contributed by atoms with Gasteiger partial charge >= 0.3 is 0 Å². The number of nitrogens with two attached hydrogens (primary N) is 2. The van der Waals surface area contributed by atoms with Crippen molar-refractivity contribution in [3.8, 4) is 5.75 Å². The molecule has 1 unspecified atom stereocenters. The Morgan fingerprint density at radius 1 is 1.19 bits per heavy atom. The first-order valence-corrected chi connectivity index (χ1v) is 8.73. The summed E-state index contributed by atoms with van der Waals surface area (Å²) in [7, 11) is 0. The quantitative estimate of drug-likeness (QED) is 0.453. The highest BCUT2D eigenvalue weighted by atomic mass is 32.1. The number of aromatic nitrogens is 1. The molecule has 0 radical (unpaired) electrons. The molecule has 0 aliphatic heterocycles. The summed E-state index contributed by atoms with van der Waals surface area (Å²) in [5.41, 5.74) is 11.7. The second-order valence-electron chi connectivity index (χ2n) is 5.79. The van der Waals surface area contributed by atoms with Crippen molar-refractivity contribution in [2.45, 2.75) is 12.8 Å². The van der Waals surface area contributed by atoms with E-state index in [1.165, 1.54) is 29.7 Å². The van der Waals surface area contributed by atoms with E-state index in [9.17, 15) is 19.5 Å². The van der Waals surface area contributed by atoms with E-state index in [0.29, 0.717) is 22.8 Å². The number of carbonyl (C=O) groups excluding carboxylic acids is 3. The number of aromatic hydroxyl groups is 1. The number of nitrogens with zero attached hydrogens (tertiary/aromatic N) is 1. The number of aldehydes is 1. The molecule has 2 aromatic rings. The largest absolute Gasteiger partial charge is 0.508 e. The fraction of sp³-hybridized carbons (Fsp3) is 0.294. The number of hydrogen-bond donors (Lipinski definition) is 4. The molecule has 0 aliphatic carbocycles. The molecular weight excluding hydrogens is 356 g/mol. The number of phenols is 1. The first-order chi connectivity index (χ1) is 12.4. The molecule has 1 aromatic carbocycles. The molecule has 0 saturated carbocycles. The molecule has 0 saturated heterocycles. The number of anilines is 1. The summed E-state index contributed by atoms with van der Waals surface area (Å²) in [6.07, 6.45) is 2.69. The van der Waals surface area contributed by atoms with E-state index < -0.39 is 23.7 Å². The highest BCUT2D eigenvalue weighted by Gasteiger charge is 2.30. The average molecular weight is 376 g/mol. The fourth-order valence-electron chi connectivity index (χ4n) is 2.63. The lowest BCUT2D eigenvalue weighted by Crippen LogP contribution is -2.40. The second kappa shape index (κ2) is 8.95. The topological polar surface area (TPSA) is 148 Å². The van der Waals surface area contributed by atoms with Crippen molar-refractivity contribution in [2.24, 2.45) is 23.3 Å². The van der Waals surface area contributed by atoms with Gasteiger partial charge in [0.15, 0.2) is 11.4 Å². The van der Waals surface area contributed by atoms with Crippen LogP contribution in [0.15, 0.2) is 30.5 Å². The van der Waals surface area contributed by atoms with Crippen LogP contribution in [-0.2, 0) is 16.0 Å². The first-order valence-electron chi connectivity index (χ1n) is 7.92. The number of benzene rings is 1. The first kappa shape index (κ1) is 19.4. The molecular formula is C17H20N4O4S. The van der Waals surface area contributed by atoms with Gasteiger partial charge in [0.05, 0.1) is 22.9 Å². The highest BCUT2D eigenvalue weighted by molar-refractivity contribution is 7.17. The number of primary amides is 2. The molecule has 8 nitrogen and oxygen atoms in total. The SMILES string of the molecule is NC(=O)C(CCNc1ncc(C=O)s1)[C@H](Cc1ccc(O)cc1)C(N)=O. The molecule has 2 rings (SSSR count). The summed E-state index contributed by atoms with van der Waals surface area (Å²) in [6.45, 7) is 0.346. The van der Waals surface area contributed by atoms with Gasteiger partial charge in [0.1, 0.15) is 5.75 Å². The molecule has 6 N–H and O–H groups in total. The number of amides is 2. The Balaban J connectivity index is 2.03. The van der Waals surface area contributed by atoms with Crippen molar-refractivity contribution in [3.05, 3.63) is 40.9 Å². The van der Waals surface area contributed by atoms with E-state index in [2.05, 4.69) is 10.3 Å². The number of carbonyl (C=O) groups is 3. The van der Waals surface area contributed by atoms with Crippen molar-refractivity contribution < 1.29 is 19.5 Å². The van der Waals surface area contributed by atoms with E-state index in [-0.39, 0.29) is 18.6 Å². The Kier molecular flexibility index (Phi) is 6.67. The van der Waals surface area contributed by atoms with Gasteiger partial charge in [-0.1, -0.05) is 23.5 Å². The summed E-state index contributed by atoms with van der Waals surface area (Å²) in [6, 6.07) is 6.33. The van der Waals surface area contributed by atoms with Gasteiger partial charge in [0, 0.05) is 6.54 Å². The molecule has 0 aliphatic rings. The zero-order chi connectivity index (χ0) is 19.1. The van der Waals surface area contributed by atoms with Crippen molar-refractivity contribution >= 4 is 34.6 Å².